The number of thioether (sulfide) groups is 1. The first kappa shape index (κ1) is 17.9. The molecule has 0 saturated carbocycles. The van der Waals surface area contributed by atoms with E-state index in [-0.39, 0.29) is 34.6 Å². The van der Waals surface area contributed by atoms with Crippen molar-refractivity contribution in [3.63, 3.8) is 0 Å². The molecule has 1 aromatic carbocycles. The largest absolute Gasteiger partial charge is 0.441 e. The zero-order valence-corrected chi connectivity index (χ0v) is 13.1. The predicted molar refractivity (Wildman–Crippen MR) is 78.7 cm³/mol. The average Bonchev–Trinajstić information content (AvgIpc) is 2.34. The van der Waals surface area contributed by atoms with E-state index in [0.717, 1.165) is 4.31 Å². The zero-order valence-electron chi connectivity index (χ0n) is 11.4. The second-order valence-electron chi connectivity index (χ2n) is 4.23. The van der Waals surface area contributed by atoms with Crippen LogP contribution in [0.15, 0.2) is 23.1 Å². The van der Waals surface area contributed by atoms with Crippen molar-refractivity contribution in [1.82, 2.24) is 4.31 Å². The summed E-state index contributed by atoms with van der Waals surface area (Å²) in [6.45, 7) is 0.0137. The molecule has 0 aliphatic rings. The quantitative estimate of drug-likeness (QED) is 0.612. The smallest absolute Gasteiger partial charge is 0.396 e. The van der Waals surface area contributed by atoms with Gasteiger partial charge in [0.05, 0.1) is 11.4 Å². The monoisotopic (exact) mass is 343 g/mol. The number of sulfonamides is 1. The van der Waals surface area contributed by atoms with Crippen LogP contribution in [0, 0.1) is 0 Å². The van der Waals surface area contributed by atoms with Gasteiger partial charge in [0.15, 0.2) is 0 Å². The Kier molecular flexibility index (Phi) is 5.76. The van der Waals surface area contributed by atoms with Gasteiger partial charge in [-0.3, -0.25) is 0 Å². The van der Waals surface area contributed by atoms with Gasteiger partial charge in [-0.1, -0.05) is 6.07 Å². The minimum Gasteiger partial charge on any atom is -0.396 e. The standard InChI is InChI=1S/C11H16F3N3O2S2/c1-17(2)21(18,19)9-5-3-4-8(10(9)15)16-6-7-20-11(12,13)14/h3-5,16H,6-7,15H2,1-2H3. The molecule has 0 aliphatic carbocycles. The molecule has 0 saturated heterocycles. The highest BCUT2D eigenvalue weighted by atomic mass is 32.2. The first-order valence-electron chi connectivity index (χ1n) is 5.81. The summed E-state index contributed by atoms with van der Waals surface area (Å²) in [5.74, 6) is -0.201. The fourth-order valence-electron chi connectivity index (χ4n) is 1.47. The van der Waals surface area contributed by atoms with E-state index >= 15 is 0 Å². The molecule has 1 aromatic rings. The van der Waals surface area contributed by atoms with Crippen molar-refractivity contribution in [3.8, 4) is 0 Å². The SMILES string of the molecule is CN(C)S(=O)(=O)c1cccc(NCCSC(F)(F)F)c1N. The van der Waals surface area contributed by atoms with Gasteiger partial charge in [0, 0.05) is 26.4 Å². The molecule has 0 aromatic heterocycles. The number of para-hydroxylation sites is 1. The maximum absolute atomic E-state index is 12.0. The summed E-state index contributed by atoms with van der Waals surface area (Å²) in [4.78, 5) is -0.0824. The average molecular weight is 343 g/mol. The number of nitrogens with one attached hydrogen (secondary N) is 1. The summed E-state index contributed by atoms with van der Waals surface area (Å²) >= 11 is -0.156. The van der Waals surface area contributed by atoms with Crippen molar-refractivity contribution < 1.29 is 21.6 Å². The Bertz CT molecular complexity index is 589. The lowest BCUT2D eigenvalue weighted by Crippen LogP contribution is -2.23. The number of benzene rings is 1. The lowest BCUT2D eigenvalue weighted by molar-refractivity contribution is -0.0327. The molecule has 0 atom stereocenters. The van der Waals surface area contributed by atoms with Crippen LogP contribution in [0.2, 0.25) is 0 Å². The predicted octanol–water partition coefficient (Wildman–Crippen LogP) is 2.18. The van der Waals surface area contributed by atoms with Gasteiger partial charge in [-0.05, 0) is 23.9 Å². The molecule has 3 N–H and O–H groups in total. The summed E-state index contributed by atoms with van der Waals surface area (Å²) in [5, 5.41) is 2.71. The normalized spacial score (nSPS) is 12.7. The molecule has 0 radical (unpaired) electrons. The molecular formula is C11H16F3N3O2S2. The Morgan fingerprint density at radius 1 is 1.33 bits per heavy atom. The zero-order chi connectivity index (χ0) is 16.3. The Balaban J connectivity index is 2.83. The van der Waals surface area contributed by atoms with E-state index in [1.165, 1.54) is 32.3 Å². The number of rotatable bonds is 6. The Hall–Kier alpha value is -1.13. The maximum Gasteiger partial charge on any atom is 0.441 e. The molecule has 0 unspecified atom stereocenters. The maximum atomic E-state index is 12.0. The molecule has 120 valence electrons. The molecule has 21 heavy (non-hydrogen) atoms. The van der Waals surface area contributed by atoms with Crippen LogP contribution in [0.25, 0.3) is 0 Å². The lowest BCUT2D eigenvalue weighted by atomic mass is 10.2. The third kappa shape index (κ3) is 4.97. The van der Waals surface area contributed by atoms with E-state index in [1.54, 1.807) is 0 Å². The van der Waals surface area contributed by atoms with Gasteiger partial charge in [-0.15, -0.1) is 0 Å². The Morgan fingerprint density at radius 2 is 1.95 bits per heavy atom. The van der Waals surface area contributed by atoms with Gasteiger partial charge in [-0.25, -0.2) is 12.7 Å². The number of hydrogen-bond donors (Lipinski definition) is 2. The van der Waals surface area contributed by atoms with Crippen molar-refractivity contribution >= 4 is 33.2 Å². The molecular weight excluding hydrogens is 327 g/mol. The molecule has 0 amide bonds. The van der Waals surface area contributed by atoms with Gasteiger partial charge < -0.3 is 11.1 Å². The lowest BCUT2D eigenvalue weighted by Gasteiger charge is -2.16. The van der Waals surface area contributed by atoms with Crippen molar-refractivity contribution in [3.05, 3.63) is 18.2 Å². The first-order chi connectivity index (χ1) is 9.55. The molecule has 0 bridgehead atoms. The number of nitrogens with zero attached hydrogens (tertiary/aromatic N) is 1. The van der Waals surface area contributed by atoms with E-state index in [4.69, 9.17) is 5.73 Å². The van der Waals surface area contributed by atoms with Crippen LogP contribution in [0.3, 0.4) is 0 Å². The van der Waals surface area contributed by atoms with E-state index in [2.05, 4.69) is 5.32 Å². The number of hydrogen-bond acceptors (Lipinski definition) is 5. The molecule has 10 heteroatoms. The number of halogens is 3. The molecule has 0 spiro atoms. The Labute approximate surface area is 125 Å². The Morgan fingerprint density at radius 3 is 2.48 bits per heavy atom. The van der Waals surface area contributed by atoms with E-state index in [9.17, 15) is 21.6 Å². The van der Waals surface area contributed by atoms with E-state index < -0.39 is 15.5 Å². The van der Waals surface area contributed by atoms with Crippen molar-refractivity contribution in [1.29, 1.82) is 0 Å². The van der Waals surface area contributed by atoms with Crippen molar-refractivity contribution in [2.24, 2.45) is 0 Å². The fourth-order valence-corrected chi connectivity index (χ4v) is 2.94. The van der Waals surface area contributed by atoms with Crippen LogP contribution in [-0.2, 0) is 10.0 Å². The van der Waals surface area contributed by atoms with E-state index in [1.807, 2.05) is 0 Å². The summed E-state index contributed by atoms with van der Waals surface area (Å²) in [6, 6.07) is 4.34. The topological polar surface area (TPSA) is 75.4 Å². The van der Waals surface area contributed by atoms with Crippen LogP contribution in [0.1, 0.15) is 0 Å². The van der Waals surface area contributed by atoms with Crippen LogP contribution in [-0.4, -0.2) is 44.6 Å². The number of alkyl halides is 3. The minimum absolute atomic E-state index is 0.0109. The summed E-state index contributed by atoms with van der Waals surface area (Å²) < 4.78 is 61.1. The van der Waals surface area contributed by atoms with Crippen LogP contribution < -0.4 is 11.1 Å². The highest BCUT2D eigenvalue weighted by Crippen LogP contribution is 2.31. The summed E-state index contributed by atoms with van der Waals surface area (Å²) in [7, 11) is -0.961. The first-order valence-corrected chi connectivity index (χ1v) is 8.24. The molecule has 0 aliphatic heterocycles. The number of nitrogens with two attached hydrogens (primary N) is 1. The van der Waals surface area contributed by atoms with Crippen molar-refractivity contribution in [2.45, 2.75) is 10.4 Å². The molecule has 0 fully saturated rings. The van der Waals surface area contributed by atoms with Gasteiger partial charge in [0.2, 0.25) is 10.0 Å². The molecule has 0 heterocycles. The highest BCUT2D eigenvalue weighted by molar-refractivity contribution is 8.00. The third-order valence-corrected chi connectivity index (χ3v) is 5.12. The van der Waals surface area contributed by atoms with Crippen LogP contribution in [0.4, 0.5) is 24.5 Å². The third-order valence-electron chi connectivity index (χ3n) is 2.51. The second-order valence-corrected chi connectivity index (χ2v) is 7.51. The van der Waals surface area contributed by atoms with Gasteiger partial charge >= 0.3 is 5.51 Å². The van der Waals surface area contributed by atoms with E-state index in [0.29, 0.717) is 5.69 Å². The number of anilines is 2. The molecule has 1 rings (SSSR count). The van der Waals surface area contributed by atoms with Gasteiger partial charge in [0.25, 0.3) is 0 Å². The number of nitrogen functional groups attached to an aromatic ring is 1. The highest BCUT2D eigenvalue weighted by Gasteiger charge is 2.27. The summed E-state index contributed by atoms with van der Waals surface area (Å²) in [5.41, 5.74) is 1.77. The van der Waals surface area contributed by atoms with Gasteiger partial charge in [0.1, 0.15) is 4.90 Å². The van der Waals surface area contributed by atoms with Crippen LogP contribution >= 0.6 is 11.8 Å². The second kappa shape index (κ2) is 6.75. The van der Waals surface area contributed by atoms with Gasteiger partial charge in [-0.2, -0.15) is 13.2 Å². The summed E-state index contributed by atoms with van der Waals surface area (Å²) in [6.07, 6.45) is 0. The van der Waals surface area contributed by atoms with Crippen LogP contribution in [0.5, 0.6) is 0 Å². The van der Waals surface area contributed by atoms with Crippen molar-refractivity contribution in [2.75, 3.05) is 37.4 Å². The fraction of sp³-hybridized carbons (Fsp3) is 0.455. The molecule has 5 nitrogen and oxygen atoms in total. The minimum atomic E-state index is -4.29.